The van der Waals surface area contributed by atoms with Crippen molar-refractivity contribution in [2.24, 2.45) is 5.73 Å². The van der Waals surface area contributed by atoms with Gasteiger partial charge in [0.05, 0.1) is 19.1 Å². The maximum absolute atomic E-state index is 9.70. The summed E-state index contributed by atoms with van der Waals surface area (Å²) in [5, 5.41) is 24.4. The smallest absolute Gasteiger partial charge is 0.306 e. The van der Waals surface area contributed by atoms with Gasteiger partial charge in [0.15, 0.2) is 0 Å². The molecule has 0 aromatic heterocycles. The molecule has 0 amide bonds. The molecule has 2 atom stereocenters. The fourth-order valence-electron chi connectivity index (χ4n) is 0.869. The van der Waals surface area contributed by atoms with Crippen LogP contribution in [0.4, 0.5) is 0 Å². The fourth-order valence-corrected chi connectivity index (χ4v) is 0.869. The average Bonchev–Trinajstić information content (AvgIpc) is 2.56. The van der Waals surface area contributed by atoms with E-state index in [2.05, 4.69) is 0 Å². The van der Waals surface area contributed by atoms with Gasteiger partial charge in [0.2, 0.25) is 0 Å². The van der Waals surface area contributed by atoms with Crippen molar-refractivity contribution in [2.45, 2.75) is 31.6 Å². The van der Waals surface area contributed by atoms with Crippen molar-refractivity contribution >= 4 is 5.97 Å². The molecule has 84 valence electrons. The maximum Gasteiger partial charge on any atom is 0.306 e. The number of carbonyl (C=O) groups is 1. The first-order chi connectivity index (χ1) is 6.56. The molecule has 0 radical (unpaired) electrons. The number of ether oxygens (including phenoxy) is 1. The minimum absolute atomic E-state index is 0.0463. The second kappa shape index (κ2) is 7.69. The predicted octanol–water partition coefficient (Wildman–Crippen LogP) is -1.10. The number of carboxylic acids is 1. The van der Waals surface area contributed by atoms with Crippen molar-refractivity contribution in [3.05, 3.63) is 0 Å². The van der Waals surface area contributed by atoms with E-state index in [0.717, 1.165) is 19.4 Å². The SMILES string of the molecule is NC1CCCO1.O=C(O)CC(O)CO. The van der Waals surface area contributed by atoms with Gasteiger partial charge in [-0.1, -0.05) is 0 Å². The van der Waals surface area contributed by atoms with Gasteiger partial charge in [-0.25, -0.2) is 0 Å². The summed E-state index contributed by atoms with van der Waals surface area (Å²) < 4.78 is 4.93. The summed E-state index contributed by atoms with van der Waals surface area (Å²) in [5.74, 6) is -1.11. The van der Waals surface area contributed by atoms with Gasteiger partial charge < -0.3 is 25.8 Å². The summed E-state index contributed by atoms with van der Waals surface area (Å²) in [6.07, 6.45) is 0.718. The quantitative estimate of drug-likeness (QED) is 0.467. The number of aliphatic carboxylic acids is 1. The van der Waals surface area contributed by atoms with Crippen LogP contribution in [0.15, 0.2) is 0 Å². The maximum atomic E-state index is 9.70. The lowest BCUT2D eigenvalue weighted by atomic mass is 10.3. The lowest BCUT2D eigenvalue weighted by molar-refractivity contribution is -0.139. The molecule has 0 bridgehead atoms. The fraction of sp³-hybridized carbons (Fsp3) is 0.875. The number of aliphatic hydroxyl groups excluding tert-OH is 2. The molecule has 0 spiro atoms. The lowest BCUT2D eigenvalue weighted by Crippen LogP contribution is -2.16. The highest BCUT2D eigenvalue weighted by Crippen LogP contribution is 2.04. The van der Waals surface area contributed by atoms with Gasteiger partial charge in [-0.15, -0.1) is 0 Å². The topological polar surface area (TPSA) is 113 Å². The van der Waals surface area contributed by atoms with Gasteiger partial charge in [0.25, 0.3) is 0 Å². The highest BCUT2D eigenvalue weighted by molar-refractivity contribution is 5.67. The summed E-state index contributed by atoms with van der Waals surface area (Å²) >= 11 is 0. The molecule has 1 heterocycles. The van der Waals surface area contributed by atoms with Crippen molar-refractivity contribution in [3.8, 4) is 0 Å². The first kappa shape index (κ1) is 13.3. The lowest BCUT2D eigenvalue weighted by Gasteiger charge is -1.99. The molecular formula is C8H17NO5. The van der Waals surface area contributed by atoms with E-state index in [0.29, 0.717) is 0 Å². The van der Waals surface area contributed by atoms with Crippen LogP contribution in [0, 0.1) is 0 Å². The molecule has 14 heavy (non-hydrogen) atoms. The largest absolute Gasteiger partial charge is 0.481 e. The number of rotatable bonds is 3. The van der Waals surface area contributed by atoms with Gasteiger partial charge in [0.1, 0.15) is 6.23 Å². The Morgan fingerprint density at radius 1 is 1.64 bits per heavy atom. The van der Waals surface area contributed by atoms with Gasteiger partial charge in [-0.3, -0.25) is 4.79 Å². The summed E-state index contributed by atoms with van der Waals surface area (Å²) in [6, 6.07) is 0. The normalized spacial score (nSPS) is 22.4. The van der Waals surface area contributed by atoms with E-state index in [1.54, 1.807) is 0 Å². The molecular weight excluding hydrogens is 190 g/mol. The minimum atomic E-state index is -1.12. The molecule has 0 aromatic carbocycles. The zero-order valence-corrected chi connectivity index (χ0v) is 7.93. The highest BCUT2D eigenvalue weighted by atomic mass is 16.5. The Bertz CT molecular complexity index is 158. The second-order valence-corrected chi connectivity index (χ2v) is 2.99. The van der Waals surface area contributed by atoms with Gasteiger partial charge in [0, 0.05) is 6.61 Å². The zero-order valence-electron chi connectivity index (χ0n) is 7.93. The van der Waals surface area contributed by atoms with Crippen LogP contribution in [0.1, 0.15) is 19.3 Å². The van der Waals surface area contributed by atoms with Crippen LogP contribution in [-0.2, 0) is 9.53 Å². The van der Waals surface area contributed by atoms with E-state index in [1.165, 1.54) is 0 Å². The molecule has 0 aromatic rings. The van der Waals surface area contributed by atoms with Gasteiger partial charge in [-0.05, 0) is 12.8 Å². The molecule has 6 nitrogen and oxygen atoms in total. The van der Waals surface area contributed by atoms with Crippen LogP contribution in [0.3, 0.4) is 0 Å². The van der Waals surface area contributed by atoms with Crippen molar-refractivity contribution in [3.63, 3.8) is 0 Å². The van der Waals surface area contributed by atoms with Crippen LogP contribution in [0.25, 0.3) is 0 Å². The Morgan fingerprint density at radius 3 is 2.43 bits per heavy atom. The molecule has 6 heteroatoms. The van der Waals surface area contributed by atoms with Crippen molar-refractivity contribution in [1.82, 2.24) is 0 Å². The summed E-state index contributed by atoms with van der Waals surface area (Å²) in [7, 11) is 0. The molecule has 5 N–H and O–H groups in total. The average molecular weight is 207 g/mol. The van der Waals surface area contributed by atoms with E-state index in [9.17, 15) is 4.79 Å². The van der Waals surface area contributed by atoms with Crippen LogP contribution < -0.4 is 5.73 Å². The van der Waals surface area contributed by atoms with Crippen LogP contribution >= 0.6 is 0 Å². The summed E-state index contributed by atoms with van der Waals surface area (Å²) in [5.41, 5.74) is 5.31. The van der Waals surface area contributed by atoms with Crippen LogP contribution in [0.5, 0.6) is 0 Å². The Hall–Kier alpha value is -0.690. The van der Waals surface area contributed by atoms with Crippen molar-refractivity contribution in [1.29, 1.82) is 0 Å². The van der Waals surface area contributed by atoms with Crippen LogP contribution in [0.2, 0.25) is 0 Å². The van der Waals surface area contributed by atoms with Gasteiger partial charge >= 0.3 is 5.97 Å². The van der Waals surface area contributed by atoms with E-state index >= 15 is 0 Å². The summed E-state index contributed by atoms with van der Waals surface area (Å²) in [6.45, 7) is 0.369. The number of nitrogens with two attached hydrogens (primary N) is 1. The molecule has 2 unspecified atom stereocenters. The monoisotopic (exact) mass is 207 g/mol. The predicted molar refractivity (Wildman–Crippen MR) is 48.5 cm³/mol. The molecule has 1 fully saturated rings. The van der Waals surface area contributed by atoms with E-state index < -0.39 is 25.1 Å². The van der Waals surface area contributed by atoms with E-state index in [4.69, 9.17) is 25.8 Å². The Kier molecular flexibility index (Phi) is 7.31. The Morgan fingerprint density at radius 2 is 2.29 bits per heavy atom. The molecule has 0 saturated carbocycles. The third-order valence-corrected chi connectivity index (χ3v) is 1.59. The molecule has 1 aliphatic rings. The van der Waals surface area contributed by atoms with E-state index in [-0.39, 0.29) is 6.23 Å². The van der Waals surface area contributed by atoms with Gasteiger partial charge in [-0.2, -0.15) is 0 Å². The molecule has 0 aliphatic carbocycles. The standard InChI is InChI=1S/C4H9NO.C4H8O4/c5-4-2-1-3-6-4;5-2-3(6)1-4(7)8/h4H,1-3,5H2;3,5-6H,1-2H2,(H,7,8). The molecule has 1 saturated heterocycles. The summed E-state index contributed by atoms with van der Waals surface area (Å²) in [4.78, 5) is 9.70. The molecule has 1 aliphatic heterocycles. The second-order valence-electron chi connectivity index (χ2n) is 2.99. The minimum Gasteiger partial charge on any atom is -0.481 e. The zero-order chi connectivity index (χ0) is 11.0. The third kappa shape index (κ3) is 7.93. The number of hydrogen-bond donors (Lipinski definition) is 4. The number of carboxylic acid groups (broad SMARTS) is 1. The van der Waals surface area contributed by atoms with E-state index in [1.807, 2.05) is 0 Å². The highest BCUT2D eigenvalue weighted by Gasteiger charge is 2.07. The third-order valence-electron chi connectivity index (χ3n) is 1.59. The number of aliphatic hydroxyl groups is 2. The Balaban J connectivity index is 0.000000249. The van der Waals surface area contributed by atoms with Crippen molar-refractivity contribution in [2.75, 3.05) is 13.2 Å². The Labute approximate surface area is 82.3 Å². The van der Waals surface area contributed by atoms with Crippen molar-refractivity contribution < 1.29 is 24.9 Å². The van der Waals surface area contributed by atoms with Crippen LogP contribution in [-0.4, -0.2) is 46.8 Å². The first-order valence-corrected chi connectivity index (χ1v) is 4.44. The first-order valence-electron chi connectivity index (χ1n) is 4.44. The molecule has 1 rings (SSSR count). The number of hydrogen-bond acceptors (Lipinski definition) is 5.